The van der Waals surface area contributed by atoms with E-state index in [1.807, 2.05) is 18.4 Å². The molecule has 2 aromatic rings. The highest BCUT2D eigenvalue weighted by Crippen LogP contribution is 2.26. The van der Waals surface area contributed by atoms with Crippen molar-refractivity contribution in [2.24, 2.45) is 0 Å². The molecule has 1 aliphatic heterocycles. The molecule has 34 heavy (non-hydrogen) atoms. The van der Waals surface area contributed by atoms with Crippen LogP contribution in [0.4, 0.5) is 10.5 Å². The molecular weight excluding hydrogens is 478 g/mol. The maximum atomic E-state index is 12.7. The van der Waals surface area contributed by atoms with Crippen LogP contribution in [0.15, 0.2) is 71.8 Å². The highest BCUT2D eigenvalue weighted by Gasteiger charge is 2.35. The van der Waals surface area contributed by atoms with E-state index >= 15 is 0 Å². The maximum Gasteiger partial charge on any atom is 0.335 e. The van der Waals surface area contributed by atoms with Crippen molar-refractivity contribution < 1.29 is 24.3 Å². The van der Waals surface area contributed by atoms with Crippen LogP contribution >= 0.6 is 22.9 Å². The number of carbonyl (C=O) groups is 4. The van der Waals surface area contributed by atoms with Crippen molar-refractivity contribution in [2.75, 3.05) is 11.9 Å². The van der Waals surface area contributed by atoms with Crippen LogP contribution in [0.3, 0.4) is 0 Å². The molecule has 0 saturated carbocycles. The zero-order valence-electron chi connectivity index (χ0n) is 18.0. The number of carboxylic acid groups (broad SMARTS) is 1. The number of rotatable bonds is 8. The largest absolute Gasteiger partial charge is 0.478 e. The molecule has 1 aromatic heterocycles. The molecule has 3 N–H and O–H groups in total. The third-order valence-electron chi connectivity index (χ3n) is 4.68. The third-order valence-corrected chi connectivity index (χ3v) is 5.81. The van der Waals surface area contributed by atoms with Crippen LogP contribution in [-0.4, -0.2) is 40.4 Å². The molecule has 0 atom stereocenters. The van der Waals surface area contributed by atoms with Gasteiger partial charge in [-0.05, 0) is 65.9 Å². The predicted molar refractivity (Wildman–Crippen MR) is 132 cm³/mol. The summed E-state index contributed by atoms with van der Waals surface area (Å²) < 4.78 is 0. The number of hydrogen-bond donors (Lipinski definition) is 3. The molecule has 1 fully saturated rings. The van der Waals surface area contributed by atoms with Gasteiger partial charge in [-0.15, -0.1) is 11.3 Å². The van der Waals surface area contributed by atoms with E-state index in [0.717, 1.165) is 16.0 Å². The zero-order valence-corrected chi connectivity index (χ0v) is 19.6. The molecule has 2 heterocycles. The summed E-state index contributed by atoms with van der Waals surface area (Å²) in [5.74, 6) is -2.25. The molecule has 0 aliphatic carbocycles. The van der Waals surface area contributed by atoms with Gasteiger partial charge in [0.15, 0.2) is 0 Å². The van der Waals surface area contributed by atoms with E-state index < -0.39 is 30.4 Å². The fraction of sp³-hybridized carbons (Fsp3) is 0.0833. The normalized spacial score (nSPS) is 15.2. The highest BCUT2D eigenvalue weighted by molar-refractivity contribution is 7.11. The standard InChI is InChI=1S/C24H20ClN3O5S/c1-3-15(5-4-14(2)23(31)32)16-10-19(34-13-16)11-20-22(30)28(24(33)27-20)12-21(29)26-18-8-6-17(25)7-9-18/h3-11,13H,2,12H2,1H3,(H,26,29)(H,27,33)(H,31,32). The van der Waals surface area contributed by atoms with Gasteiger partial charge in [-0.1, -0.05) is 30.3 Å². The van der Waals surface area contributed by atoms with Gasteiger partial charge in [0.1, 0.15) is 12.2 Å². The Hall–Kier alpha value is -3.95. The van der Waals surface area contributed by atoms with E-state index in [4.69, 9.17) is 16.7 Å². The average Bonchev–Trinajstić information content (AvgIpc) is 3.36. The van der Waals surface area contributed by atoms with E-state index in [0.29, 0.717) is 15.6 Å². The first-order chi connectivity index (χ1) is 16.2. The van der Waals surface area contributed by atoms with Crippen molar-refractivity contribution >= 4 is 64.1 Å². The monoisotopic (exact) mass is 497 g/mol. The van der Waals surface area contributed by atoms with Crippen molar-refractivity contribution in [3.05, 3.63) is 87.3 Å². The van der Waals surface area contributed by atoms with Crippen molar-refractivity contribution in [1.29, 1.82) is 0 Å². The number of carbonyl (C=O) groups excluding carboxylic acids is 3. The Morgan fingerprint density at radius 2 is 1.94 bits per heavy atom. The quantitative estimate of drug-likeness (QED) is 0.281. The number of carboxylic acids is 1. The molecule has 0 radical (unpaired) electrons. The number of thiophene rings is 1. The summed E-state index contributed by atoms with van der Waals surface area (Å²) in [7, 11) is 0. The number of aliphatic carboxylic acids is 1. The maximum absolute atomic E-state index is 12.7. The number of imide groups is 1. The second-order valence-electron chi connectivity index (χ2n) is 7.08. The van der Waals surface area contributed by atoms with Gasteiger partial charge in [-0.2, -0.15) is 0 Å². The van der Waals surface area contributed by atoms with E-state index in [9.17, 15) is 19.2 Å². The number of nitrogens with zero attached hydrogens (tertiary/aromatic N) is 1. The van der Waals surface area contributed by atoms with Crippen molar-refractivity contribution in [2.45, 2.75) is 6.92 Å². The van der Waals surface area contributed by atoms with E-state index in [1.165, 1.54) is 23.5 Å². The van der Waals surface area contributed by atoms with Crippen LogP contribution < -0.4 is 10.6 Å². The second kappa shape index (κ2) is 10.8. The average molecular weight is 498 g/mol. The zero-order chi connectivity index (χ0) is 24.8. The molecule has 1 aliphatic rings. The van der Waals surface area contributed by atoms with Gasteiger partial charge in [0.25, 0.3) is 5.91 Å². The van der Waals surface area contributed by atoms with Crippen LogP contribution in [-0.2, 0) is 14.4 Å². The smallest absolute Gasteiger partial charge is 0.335 e. The predicted octanol–water partition coefficient (Wildman–Crippen LogP) is 4.53. The number of benzene rings is 1. The summed E-state index contributed by atoms with van der Waals surface area (Å²) >= 11 is 7.16. The topological polar surface area (TPSA) is 116 Å². The summed E-state index contributed by atoms with van der Waals surface area (Å²) in [4.78, 5) is 49.7. The van der Waals surface area contributed by atoms with Crippen molar-refractivity contribution in [3.8, 4) is 0 Å². The lowest BCUT2D eigenvalue weighted by Gasteiger charge is -2.11. The molecule has 0 spiro atoms. The Balaban J connectivity index is 1.68. The van der Waals surface area contributed by atoms with Crippen LogP contribution in [0.5, 0.6) is 0 Å². The van der Waals surface area contributed by atoms with E-state index in [-0.39, 0.29) is 11.3 Å². The Bertz CT molecular complexity index is 1260. The lowest BCUT2D eigenvalue weighted by molar-refractivity contribution is -0.132. The minimum Gasteiger partial charge on any atom is -0.478 e. The number of urea groups is 1. The van der Waals surface area contributed by atoms with E-state index in [2.05, 4.69) is 17.2 Å². The second-order valence-corrected chi connectivity index (χ2v) is 8.46. The summed E-state index contributed by atoms with van der Waals surface area (Å²) in [5, 5.41) is 16.4. The minimum atomic E-state index is -1.11. The van der Waals surface area contributed by atoms with Gasteiger partial charge >= 0.3 is 12.0 Å². The molecule has 8 nitrogen and oxygen atoms in total. The van der Waals surface area contributed by atoms with Crippen LogP contribution in [0, 0.1) is 0 Å². The number of halogens is 1. The molecular formula is C24H20ClN3O5S. The number of nitrogens with one attached hydrogen (secondary N) is 2. The molecule has 1 aromatic carbocycles. The van der Waals surface area contributed by atoms with Gasteiger partial charge in [-0.3, -0.25) is 9.59 Å². The number of allylic oxidation sites excluding steroid dienone is 3. The highest BCUT2D eigenvalue weighted by atomic mass is 35.5. The Kier molecular flexibility index (Phi) is 7.83. The number of hydrogen-bond acceptors (Lipinski definition) is 5. The number of anilines is 1. The first-order valence-corrected chi connectivity index (χ1v) is 11.2. The van der Waals surface area contributed by atoms with Crippen LogP contribution in [0.2, 0.25) is 5.02 Å². The Labute approximate surface area is 204 Å². The lowest BCUT2D eigenvalue weighted by atomic mass is 10.1. The molecule has 0 unspecified atom stereocenters. The number of amides is 4. The Morgan fingerprint density at radius 3 is 2.59 bits per heavy atom. The molecule has 10 heteroatoms. The fourth-order valence-corrected chi connectivity index (χ4v) is 3.91. The fourth-order valence-electron chi connectivity index (χ4n) is 2.94. The van der Waals surface area contributed by atoms with Gasteiger partial charge in [0.2, 0.25) is 5.91 Å². The molecule has 0 bridgehead atoms. The van der Waals surface area contributed by atoms with Gasteiger partial charge in [-0.25, -0.2) is 14.5 Å². The SMILES string of the molecule is C=C(C=CC(=CC)c1csc(C=C2NC(=O)N(CC(=O)Nc3ccc(Cl)cc3)C2=O)c1)C(=O)O. The summed E-state index contributed by atoms with van der Waals surface area (Å²) in [6.07, 6.45) is 6.38. The summed E-state index contributed by atoms with van der Waals surface area (Å²) in [6, 6.07) is 7.55. The van der Waals surface area contributed by atoms with Crippen molar-refractivity contribution in [3.63, 3.8) is 0 Å². The molecule has 1 saturated heterocycles. The molecule has 4 amide bonds. The van der Waals surface area contributed by atoms with Crippen molar-refractivity contribution in [1.82, 2.24) is 10.2 Å². The molecule has 3 rings (SSSR count). The van der Waals surface area contributed by atoms with Gasteiger partial charge < -0.3 is 15.7 Å². The lowest BCUT2D eigenvalue weighted by Crippen LogP contribution is -2.38. The van der Waals surface area contributed by atoms with Gasteiger partial charge in [0, 0.05) is 15.6 Å². The first kappa shape index (κ1) is 24.7. The summed E-state index contributed by atoms with van der Waals surface area (Å²) in [5.41, 5.74) is 2.07. The van der Waals surface area contributed by atoms with Crippen LogP contribution in [0.25, 0.3) is 11.6 Å². The summed E-state index contributed by atoms with van der Waals surface area (Å²) in [6.45, 7) is 4.83. The molecule has 174 valence electrons. The van der Waals surface area contributed by atoms with E-state index in [1.54, 1.807) is 36.4 Å². The Morgan fingerprint density at radius 1 is 1.24 bits per heavy atom. The minimum absolute atomic E-state index is 0.0450. The first-order valence-electron chi connectivity index (χ1n) is 9.93. The third kappa shape index (κ3) is 6.09. The van der Waals surface area contributed by atoms with Crippen LogP contribution in [0.1, 0.15) is 17.4 Å². The van der Waals surface area contributed by atoms with Gasteiger partial charge in [0.05, 0.1) is 5.57 Å².